The molecule has 0 bridgehead atoms. The molecule has 0 spiro atoms. The summed E-state index contributed by atoms with van der Waals surface area (Å²) >= 11 is 0. The zero-order valence-electron chi connectivity index (χ0n) is 12.4. The van der Waals surface area contributed by atoms with Crippen LogP contribution < -0.4 is 9.47 Å². The Morgan fingerprint density at radius 3 is 2.40 bits per heavy atom. The Balaban J connectivity index is 2.26. The second-order valence-corrected chi connectivity index (χ2v) is 5.47. The number of hydrogen-bond acceptors (Lipinski definition) is 4. The Kier molecular flexibility index (Phi) is 4.53. The minimum atomic E-state index is -0.369. The standard InChI is InChI=1S/C16H22O4/c1-16(9-5-4-6-10-16)20-14-11-12(15(17)19-3)7-8-13(14)18-2/h7-8,11H,4-6,9-10H2,1-3H3. The van der Waals surface area contributed by atoms with Gasteiger partial charge in [0.05, 0.1) is 19.8 Å². The molecule has 0 heterocycles. The quantitative estimate of drug-likeness (QED) is 0.790. The zero-order valence-corrected chi connectivity index (χ0v) is 12.4. The molecule has 1 aliphatic carbocycles. The number of hydrogen-bond donors (Lipinski definition) is 0. The summed E-state index contributed by atoms with van der Waals surface area (Å²) in [6.07, 6.45) is 5.67. The smallest absolute Gasteiger partial charge is 0.337 e. The number of ether oxygens (including phenoxy) is 3. The minimum Gasteiger partial charge on any atom is -0.493 e. The summed E-state index contributed by atoms with van der Waals surface area (Å²) in [4.78, 5) is 11.6. The molecule has 0 aliphatic heterocycles. The largest absolute Gasteiger partial charge is 0.493 e. The predicted molar refractivity (Wildman–Crippen MR) is 76.5 cm³/mol. The van der Waals surface area contributed by atoms with Crippen LogP contribution in [0.4, 0.5) is 0 Å². The van der Waals surface area contributed by atoms with Gasteiger partial charge in [0.2, 0.25) is 0 Å². The van der Waals surface area contributed by atoms with E-state index < -0.39 is 0 Å². The van der Waals surface area contributed by atoms with Gasteiger partial charge in [0.1, 0.15) is 5.60 Å². The molecule has 1 aromatic carbocycles. The summed E-state index contributed by atoms with van der Waals surface area (Å²) in [5, 5.41) is 0. The summed E-state index contributed by atoms with van der Waals surface area (Å²) in [5.41, 5.74) is 0.294. The van der Waals surface area contributed by atoms with Crippen LogP contribution in [0.15, 0.2) is 18.2 Å². The molecule has 0 radical (unpaired) electrons. The van der Waals surface area contributed by atoms with Crippen LogP contribution >= 0.6 is 0 Å². The first-order chi connectivity index (χ1) is 9.58. The van der Waals surface area contributed by atoms with E-state index in [-0.39, 0.29) is 11.6 Å². The van der Waals surface area contributed by atoms with Crippen LogP contribution in [-0.4, -0.2) is 25.8 Å². The van der Waals surface area contributed by atoms with E-state index in [1.165, 1.54) is 26.4 Å². The Morgan fingerprint density at radius 1 is 1.10 bits per heavy atom. The Hall–Kier alpha value is -1.71. The lowest BCUT2D eigenvalue weighted by molar-refractivity contribution is 0.0452. The van der Waals surface area contributed by atoms with Gasteiger partial charge in [-0.25, -0.2) is 4.79 Å². The molecule has 4 nitrogen and oxygen atoms in total. The highest BCUT2D eigenvalue weighted by molar-refractivity contribution is 5.90. The normalized spacial score (nSPS) is 17.4. The minimum absolute atomic E-state index is 0.180. The van der Waals surface area contributed by atoms with Gasteiger partial charge >= 0.3 is 5.97 Å². The van der Waals surface area contributed by atoms with Crippen LogP contribution in [0.3, 0.4) is 0 Å². The zero-order chi connectivity index (χ0) is 14.6. The van der Waals surface area contributed by atoms with Crippen LogP contribution in [0, 0.1) is 0 Å². The molecular formula is C16H22O4. The maximum absolute atomic E-state index is 11.6. The first-order valence-corrected chi connectivity index (χ1v) is 7.03. The van der Waals surface area contributed by atoms with Gasteiger partial charge in [-0.1, -0.05) is 6.42 Å². The number of rotatable bonds is 4. The average molecular weight is 278 g/mol. The lowest BCUT2D eigenvalue weighted by Crippen LogP contribution is -2.34. The van der Waals surface area contributed by atoms with Crippen molar-refractivity contribution in [3.63, 3.8) is 0 Å². The fourth-order valence-corrected chi connectivity index (χ4v) is 2.67. The van der Waals surface area contributed by atoms with E-state index in [0.717, 1.165) is 12.8 Å². The van der Waals surface area contributed by atoms with Crippen LogP contribution in [0.5, 0.6) is 11.5 Å². The van der Waals surface area contributed by atoms with Crippen LogP contribution in [0.1, 0.15) is 49.4 Å². The maximum Gasteiger partial charge on any atom is 0.337 e. The fourth-order valence-electron chi connectivity index (χ4n) is 2.67. The Labute approximate surface area is 120 Å². The molecule has 1 aromatic rings. The average Bonchev–Trinajstić information content (AvgIpc) is 2.46. The van der Waals surface area contributed by atoms with E-state index in [1.807, 2.05) is 0 Å². The van der Waals surface area contributed by atoms with Gasteiger partial charge in [-0.3, -0.25) is 0 Å². The van der Waals surface area contributed by atoms with Crippen molar-refractivity contribution in [3.05, 3.63) is 23.8 Å². The van der Waals surface area contributed by atoms with Crippen molar-refractivity contribution < 1.29 is 19.0 Å². The monoisotopic (exact) mass is 278 g/mol. The third kappa shape index (κ3) is 3.24. The molecule has 0 atom stereocenters. The van der Waals surface area contributed by atoms with E-state index >= 15 is 0 Å². The predicted octanol–water partition coefficient (Wildman–Crippen LogP) is 3.58. The van der Waals surface area contributed by atoms with Gasteiger partial charge in [-0.05, 0) is 50.8 Å². The van der Waals surface area contributed by atoms with Crippen molar-refractivity contribution in [1.82, 2.24) is 0 Å². The molecular weight excluding hydrogens is 256 g/mol. The highest BCUT2D eigenvalue weighted by Crippen LogP contribution is 2.37. The molecule has 4 heteroatoms. The van der Waals surface area contributed by atoms with Crippen LogP contribution in [0.2, 0.25) is 0 Å². The molecule has 2 rings (SSSR count). The van der Waals surface area contributed by atoms with Gasteiger partial charge in [0.25, 0.3) is 0 Å². The summed E-state index contributed by atoms with van der Waals surface area (Å²) in [5.74, 6) is 0.885. The molecule has 20 heavy (non-hydrogen) atoms. The molecule has 1 aliphatic rings. The van der Waals surface area contributed by atoms with E-state index in [2.05, 4.69) is 6.92 Å². The molecule has 0 unspecified atom stereocenters. The molecule has 110 valence electrons. The van der Waals surface area contributed by atoms with Crippen LogP contribution in [-0.2, 0) is 4.74 Å². The number of carbonyl (C=O) groups excluding carboxylic acids is 1. The second kappa shape index (κ2) is 6.16. The van der Waals surface area contributed by atoms with E-state index in [1.54, 1.807) is 25.3 Å². The molecule has 1 saturated carbocycles. The van der Waals surface area contributed by atoms with E-state index in [9.17, 15) is 4.79 Å². The highest BCUT2D eigenvalue weighted by Gasteiger charge is 2.30. The van der Waals surface area contributed by atoms with E-state index in [4.69, 9.17) is 14.2 Å². The topological polar surface area (TPSA) is 44.8 Å². The molecule has 0 N–H and O–H groups in total. The molecule has 0 saturated heterocycles. The van der Waals surface area contributed by atoms with Gasteiger partial charge in [-0.2, -0.15) is 0 Å². The summed E-state index contributed by atoms with van der Waals surface area (Å²) < 4.78 is 16.2. The number of benzene rings is 1. The van der Waals surface area contributed by atoms with Crippen molar-refractivity contribution in [1.29, 1.82) is 0 Å². The first kappa shape index (κ1) is 14.7. The lowest BCUT2D eigenvalue weighted by atomic mass is 9.86. The van der Waals surface area contributed by atoms with Crippen molar-refractivity contribution in [2.24, 2.45) is 0 Å². The first-order valence-electron chi connectivity index (χ1n) is 7.03. The van der Waals surface area contributed by atoms with Gasteiger partial charge in [0, 0.05) is 0 Å². The summed E-state index contributed by atoms with van der Waals surface area (Å²) in [7, 11) is 2.97. The summed E-state index contributed by atoms with van der Waals surface area (Å²) in [6.45, 7) is 2.12. The third-order valence-electron chi connectivity index (χ3n) is 3.85. The molecule has 1 fully saturated rings. The third-order valence-corrected chi connectivity index (χ3v) is 3.85. The molecule has 0 aromatic heterocycles. The van der Waals surface area contributed by atoms with Gasteiger partial charge < -0.3 is 14.2 Å². The van der Waals surface area contributed by atoms with Gasteiger partial charge in [0.15, 0.2) is 11.5 Å². The van der Waals surface area contributed by atoms with Crippen molar-refractivity contribution >= 4 is 5.97 Å². The number of esters is 1. The SMILES string of the molecule is COC(=O)c1ccc(OC)c(OC2(C)CCCCC2)c1. The fraction of sp³-hybridized carbons (Fsp3) is 0.562. The molecule has 0 amide bonds. The van der Waals surface area contributed by atoms with Gasteiger partial charge in [-0.15, -0.1) is 0 Å². The second-order valence-electron chi connectivity index (χ2n) is 5.47. The highest BCUT2D eigenvalue weighted by atomic mass is 16.5. The van der Waals surface area contributed by atoms with Crippen molar-refractivity contribution in [2.45, 2.75) is 44.6 Å². The lowest BCUT2D eigenvalue weighted by Gasteiger charge is -2.34. The number of methoxy groups -OCH3 is 2. The Morgan fingerprint density at radius 2 is 1.80 bits per heavy atom. The van der Waals surface area contributed by atoms with Crippen molar-refractivity contribution in [3.8, 4) is 11.5 Å². The van der Waals surface area contributed by atoms with Crippen molar-refractivity contribution in [2.75, 3.05) is 14.2 Å². The maximum atomic E-state index is 11.6. The van der Waals surface area contributed by atoms with E-state index in [0.29, 0.717) is 17.1 Å². The summed E-state index contributed by atoms with van der Waals surface area (Å²) in [6, 6.07) is 5.12. The Bertz CT molecular complexity index is 475. The van der Waals surface area contributed by atoms with Crippen LogP contribution in [0.25, 0.3) is 0 Å². The number of carbonyl (C=O) groups is 1.